The molecule has 0 amide bonds. The Morgan fingerprint density at radius 2 is 1.96 bits per heavy atom. The first-order valence-electron chi connectivity index (χ1n) is 9.60. The van der Waals surface area contributed by atoms with Crippen LogP contribution in [-0.4, -0.2) is 43.7 Å². The van der Waals surface area contributed by atoms with Crippen LogP contribution in [0, 0.1) is 0 Å². The number of nitrogens with zero attached hydrogens (tertiary/aromatic N) is 1. The van der Waals surface area contributed by atoms with Gasteiger partial charge in [0, 0.05) is 23.1 Å². The van der Waals surface area contributed by atoms with Crippen LogP contribution < -0.4 is 17.0 Å². The van der Waals surface area contributed by atoms with E-state index in [4.69, 9.17) is 0 Å². The summed E-state index contributed by atoms with van der Waals surface area (Å²) < 4.78 is 25.1. The zero-order chi connectivity index (χ0) is 18.9. The lowest BCUT2D eigenvalue weighted by molar-refractivity contribution is -0.00000792. The molecule has 0 spiro atoms. The monoisotopic (exact) mass is 462 g/mol. The van der Waals surface area contributed by atoms with E-state index in [-0.39, 0.29) is 24.2 Å². The Bertz CT molecular complexity index is 1040. The molecular formula is C22H27BrN2O2S. The van der Waals surface area contributed by atoms with Crippen LogP contribution in [0.5, 0.6) is 0 Å². The number of aryl methyl sites for hydroxylation is 1. The number of fused-ring (bicyclic) bond motifs is 1. The average molecular weight is 463 g/mol. The van der Waals surface area contributed by atoms with Gasteiger partial charge in [-0.05, 0) is 74.7 Å². The highest BCUT2D eigenvalue weighted by Crippen LogP contribution is 2.26. The number of aromatic amines is 1. The number of H-pyrrole nitrogens is 1. The van der Waals surface area contributed by atoms with Gasteiger partial charge < -0.3 is 26.9 Å². The van der Waals surface area contributed by atoms with Gasteiger partial charge in [-0.25, -0.2) is 8.42 Å². The van der Waals surface area contributed by atoms with Crippen molar-refractivity contribution in [3.05, 3.63) is 65.9 Å². The molecule has 0 radical (unpaired) electrons. The molecular weight excluding hydrogens is 436 g/mol. The van der Waals surface area contributed by atoms with E-state index in [0.717, 1.165) is 17.5 Å². The highest BCUT2D eigenvalue weighted by molar-refractivity contribution is 7.91. The van der Waals surface area contributed by atoms with Crippen LogP contribution in [0.15, 0.2) is 59.6 Å². The Hall–Kier alpha value is -1.63. The van der Waals surface area contributed by atoms with E-state index in [1.165, 1.54) is 30.3 Å². The molecule has 1 aliphatic heterocycles. The molecule has 2 heterocycles. The van der Waals surface area contributed by atoms with Crippen LogP contribution in [0.25, 0.3) is 10.9 Å². The van der Waals surface area contributed by atoms with Gasteiger partial charge in [-0.15, -0.1) is 0 Å². The number of aromatic nitrogens is 1. The van der Waals surface area contributed by atoms with Gasteiger partial charge in [0.15, 0.2) is 9.84 Å². The molecule has 3 aromatic rings. The number of rotatable bonds is 6. The second-order valence-electron chi connectivity index (χ2n) is 7.56. The lowest BCUT2D eigenvalue weighted by Crippen LogP contribution is -3.00. The van der Waals surface area contributed by atoms with E-state index in [1.807, 2.05) is 12.1 Å². The summed E-state index contributed by atoms with van der Waals surface area (Å²) in [5, 5.41) is 1.23. The van der Waals surface area contributed by atoms with Crippen LogP contribution in [0.1, 0.15) is 25.4 Å². The van der Waals surface area contributed by atoms with E-state index in [9.17, 15) is 8.42 Å². The second kappa shape index (κ2) is 8.80. The second-order valence-corrected chi connectivity index (χ2v) is 9.67. The molecule has 6 heteroatoms. The van der Waals surface area contributed by atoms with Crippen molar-refractivity contribution in [2.45, 2.75) is 36.6 Å². The van der Waals surface area contributed by atoms with Gasteiger partial charge in [0.1, 0.15) is 0 Å². The largest absolute Gasteiger partial charge is 1.00 e. The Balaban J connectivity index is 0.00000150. The fourth-order valence-corrected chi connectivity index (χ4v) is 5.35. The maximum absolute atomic E-state index is 12.5. The van der Waals surface area contributed by atoms with E-state index < -0.39 is 9.84 Å². The third-order valence-corrected chi connectivity index (χ3v) is 7.45. The van der Waals surface area contributed by atoms with E-state index in [1.54, 1.807) is 24.3 Å². The van der Waals surface area contributed by atoms with Crippen molar-refractivity contribution in [3.63, 3.8) is 0 Å². The summed E-state index contributed by atoms with van der Waals surface area (Å²) in [6.45, 7) is 1.18. The lowest BCUT2D eigenvalue weighted by Gasteiger charge is -2.18. The van der Waals surface area contributed by atoms with Crippen LogP contribution in [0.3, 0.4) is 0 Å². The van der Waals surface area contributed by atoms with Gasteiger partial charge in [0.25, 0.3) is 0 Å². The van der Waals surface area contributed by atoms with Crippen molar-refractivity contribution >= 4 is 20.7 Å². The van der Waals surface area contributed by atoms with Crippen LogP contribution >= 0.6 is 0 Å². The van der Waals surface area contributed by atoms with Crippen LogP contribution in [-0.2, 0) is 22.7 Å². The normalized spacial score (nSPS) is 17.7. The molecule has 1 aromatic heterocycles. The van der Waals surface area contributed by atoms with Gasteiger partial charge in [-0.2, -0.15) is 0 Å². The standard InChI is InChI=1S/C22H26N2O2S.BrH/c1-24-12-5-6-19(24)15-18-16-23-22-10-9-17(14-21(18)22)11-13-27(25,26)20-7-3-2-4-8-20;/h2-4,7-10,14,16,19,23H,5-6,11-13,15H2,1H3;1H. The van der Waals surface area contributed by atoms with Crippen molar-refractivity contribution in [2.24, 2.45) is 0 Å². The zero-order valence-electron chi connectivity index (χ0n) is 17.1. The summed E-state index contributed by atoms with van der Waals surface area (Å²) >= 11 is 0. The predicted octanol–water partition coefficient (Wildman–Crippen LogP) is 0.938. The first kappa shape index (κ1) is 21.1. The number of hydrogen-bond acceptors (Lipinski definition) is 3. The molecule has 4 rings (SSSR count). The Morgan fingerprint density at radius 1 is 1.18 bits per heavy atom. The molecule has 0 saturated carbocycles. The van der Waals surface area contributed by atoms with E-state index >= 15 is 0 Å². The molecule has 2 aromatic carbocycles. The number of sulfone groups is 1. The molecule has 1 N–H and O–H groups in total. The first-order chi connectivity index (χ1) is 13.0. The molecule has 28 heavy (non-hydrogen) atoms. The molecule has 0 aliphatic carbocycles. The number of halogens is 1. The number of nitrogens with one attached hydrogen (secondary N) is 1. The fraction of sp³-hybridized carbons (Fsp3) is 0.364. The quantitative estimate of drug-likeness (QED) is 0.592. The molecule has 1 unspecified atom stereocenters. The van der Waals surface area contributed by atoms with Crippen molar-refractivity contribution in [2.75, 3.05) is 19.3 Å². The Labute approximate surface area is 179 Å². The topological polar surface area (TPSA) is 53.2 Å². The van der Waals surface area contributed by atoms with Crippen LogP contribution in [0.4, 0.5) is 0 Å². The number of hydrogen-bond donors (Lipinski definition) is 1. The Morgan fingerprint density at radius 3 is 2.68 bits per heavy atom. The minimum Gasteiger partial charge on any atom is -1.00 e. The lowest BCUT2D eigenvalue weighted by atomic mass is 10.0. The van der Waals surface area contributed by atoms with Crippen molar-refractivity contribution < 1.29 is 26.8 Å². The fourth-order valence-electron chi connectivity index (χ4n) is 4.04. The smallest absolute Gasteiger partial charge is 1.00 e. The maximum Gasteiger partial charge on any atom is 1.00 e. The van der Waals surface area contributed by atoms with Crippen molar-refractivity contribution in [3.8, 4) is 0 Å². The number of benzene rings is 2. The number of likely N-dealkylation sites (N-methyl/N-ethyl adjacent to an activating group) is 1. The van der Waals surface area contributed by atoms with Gasteiger partial charge in [0.05, 0.1) is 10.6 Å². The molecule has 0 bridgehead atoms. The molecule has 150 valence electrons. The molecule has 4 nitrogen and oxygen atoms in total. The summed E-state index contributed by atoms with van der Waals surface area (Å²) in [4.78, 5) is 6.21. The summed E-state index contributed by atoms with van der Waals surface area (Å²) in [6.07, 6.45) is 6.20. The first-order valence-corrected chi connectivity index (χ1v) is 11.2. The zero-order valence-corrected chi connectivity index (χ0v) is 18.5. The predicted molar refractivity (Wildman–Crippen MR) is 111 cm³/mol. The summed E-state index contributed by atoms with van der Waals surface area (Å²) in [6, 6.07) is 15.6. The molecule has 1 aliphatic rings. The minimum atomic E-state index is -3.25. The summed E-state index contributed by atoms with van der Waals surface area (Å²) in [7, 11) is -1.05. The van der Waals surface area contributed by atoms with E-state index in [2.05, 4.69) is 35.3 Å². The minimum absolute atomic E-state index is 0. The van der Waals surface area contributed by atoms with Gasteiger partial charge >= 0.3 is 1.43 Å². The van der Waals surface area contributed by atoms with E-state index in [0.29, 0.717) is 17.4 Å². The average Bonchev–Trinajstić information content (AvgIpc) is 3.27. The molecule has 1 atom stereocenters. The van der Waals surface area contributed by atoms with Gasteiger partial charge in [-0.3, -0.25) is 0 Å². The van der Waals surface area contributed by atoms with Crippen molar-refractivity contribution in [1.29, 1.82) is 0 Å². The molecule has 1 fully saturated rings. The highest BCUT2D eigenvalue weighted by Gasteiger charge is 2.22. The molecule has 1 saturated heterocycles. The van der Waals surface area contributed by atoms with Crippen molar-refractivity contribution in [1.82, 2.24) is 9.88 Å². The third kappa shape index (κ3) is 4.50. The summed E-state index contributed by atoms with van der Waals surface area (Å²) in [5.41, 5.74) is 3.53. The SMILES string of the molecule is CN1CCCC1Cc1c[nH]c2ccc(CCS(=O)(=O)c3ccccc3)cc12.[Br-].[H+]. The highest BCUT2D eigenvalue weighted by atomic mass is 79.9. The van der Waals surface area contributed by atoms with Gasteiger partial charge in [-0.1, -0.05) is 24.3 Å². The maximum atomic E-state index is 12.5. The Kier molecular flexibility index (Phi) is 6.63. The third-order valence-electron chi connectivity index (χ3n) is 5.72. The van der Waals surface area contributed by atoms with Crippen LogP contribution in [0.2, 0.25) is 0 Å². The summed E-state index contributed by atoms with van der Waals surface area (Å²) in [5.74, 6) is 0.133. The van der Waals surface area contributed by atoms with Gasteiger partial charge in [0.2, 0.25) is 0 Å². The number of likely N-dealkylation sites (tertiary alicyclic amines) is 1.